The van der Waals surface area contributed by atoms with E-state index in [2.05, 4.69) is 31.8 Å². The van der Waals surface area contributed by atoms with Crippen LogP contribution in [0.25, 0.3) is 0 Å². The molecule has 174 valence electrons. The summed E-state index contributed by atoms with van der Waals surface area (Å²) in [4.78, 5) is 24.2. The highest BCUT2D eigenvalue weighted by atomic mass is 79.9. The highest BCUT2D eigenvalue weighted by molar-refractivity contribution is 9.10. The number of amides is 2. The van der Waals surface area contributed by atoms with Crippen molar-refractivity contribution in [3.05, 3.63) is 86.8 Å². The Balaban J connectivity index is 1.23. The number of nitrogens with zero attached hydrogens (tertiary/aromatic N) is 1. The van der Waals surface area contributed by atoms with E-state index in [4.69, 9.17) is 25.8 Å². The lowest BCUT2D eigenvalue weighted by Crippen LogP contribution is -2.34. The Morgan fingerprint density at radius 1 is 1.06 bits per heavy atom. The third-order valence-corrected chi connectivity index (χ3v) is 5.58. The minimum absolute atomic E-state index is 0.122. The number of benzene rings is 3. The Morgan fingerprint density at radius 2 is 1.85 bits per heavy atom. The molecule has 0 aliphatic carbocycles. The van der Waals surface area contributed by atoms with Crippen LogP contribution in [0.3, 0.4) is 0 Å². The summed E-state index contributed by atoms with van der Waals surface area (Å²) in [6, 6.07) is 17.6. The molecular weight excluding hydrogens is 526 g/mol. The van der Waals surface area contributed by atoms with E-state index in [1.807, 2.05) is 30.3 Å². The number of carbonyl (C=O) groups excluding carboxylic acids is 2. The zero-order chi connectivity index (χ0) is 23.9. The third-order valence-electron chi connectivity index (χ3n) is 4.71. The van der Waals surface area contributed by atoms with Gasteiger partial charge in [0.25, 0.3) is 11.8 Å². The van der Waals surface area contributed by atoms with Gasteiger partial charge in [-0.3, -0.25) is 9.59 Å². The van der Waals surface area contributed by atoms with Gasteiger partial charge in [0.2, 0.25) is 6.79 Å². The van der Waals surface area contributed by atoms with Crippen molar-refractivity contribution in [3.8, 4) is 17.2 Å². The number of hydrazone groups is 1. The van der Waals surface area contributed by atoms with Crippen LogP contribution in [0.1, 0.15) is 21.5 Å². The largest absolute Gasteiger partial charge is 0.488 e. The number of nitrogens with one attached hydrogen (secondary N) is 2. The second-order valence-electron chi connectivity index (χ2n) is 7.15. The smallest absolute Gasteiger partial charge is 0.259 e. The SMILES string of the molecule is O=C(CNC(=O)c1ccc2c(c1)OCO2)N/N=C/c1ccc(OCc2ccc(Cl)cc2)c(Br)c1. The van der Waals surface area contributed by atoms with Gasteiger partial charge in [0.1, 0.15) is 12.4 Å². The molecule has 1 aliphatic heterocycles. The molecule has 0 saturated carbocycles. The first kappa shape index (κ1) is 23.6. The van der Waals surface area contributed by atoms with Crippen molar-refractivity contribution in [1.29, 1.82) is 0 Å². The van der Waals surface area contributed by atoms with Gasteiger partial charge in [0, 0.05) is 10.6 Å². The van der Waals surface area contributed by atoms with Gasteiger partial charge in [-0.1, -0.05) is 23.7 Å². The first-order valence-corrected chi connectivity index (χ1v) is 11.3. The molecule has 4 rings (SSSR count). The van der Waals surface area contributed by atoms with E-state index in [0.29, 0.717) is 34.4 Å². The standard InChI is InChI=1S/C24H19BrClN3O5/c25-19-9-16(3-7-20(19)32-13-15-1-5-18(26)6-2-15)11-28-29-23(30)12-27-24(31)17-4-8-21-22(10-17)34-14-33-21/h1-11H,12-14H2,(H,27,31)(H,29,30)/b28-11+. The van der Waals surface area contributed by atoms with Crippen LogP contribution in [0.2, 0.25) is 5.02 Å². The summed E-state index contributed by atoms with van der Waals surface area (Å²) in [7, 11) is 0. The minimum atomic E-state index is -0.465. The average Bonchev–Trinajstić information content (AvgIpc) is 3.31. The molecule has 0 aromatic heterocycles. The molecule has 0 spiro atoms. The summed E-state index contributed by atoms with van der Waals surface area (Å²) in [5, 5.41) is 7.13. The van der Waals surface area contributed by atoms with Gasteiger partial charge in [0.05, 0.1) is 17.2 Å². The predicted octanol–water partition coefficient (Wildman–Crippen LogP) is 4.29. The molecule has 2 amide bonds. The van der Waals surface area contributed by atoms with Crippen LogP contribution >= 0.6 is 27.5 Å². The molecule has 1 aliphatic rings. The average molecular weight is 545 g/mol. The zero-order valence-electron chi connectivity index (χ0n) is 17.7. The molecule has 0 bridgehead atoms. The monoisotopic (exact) mass is 543 g/mol. The summed E-state index contributed by atoms with van der Waals surface area (Å²) in [5.41, 5.74) is 4.48. The Bertz CT molecular complexity index is 1230. The van der Waals surface area contributed by atoms with Gasteiger partial charge in [-0.15, -0.1) is 0 Å². The van der Waals surface area contributed by atoms with E-state index in [-0.39, 0.29) is 13.3 Å². The van der Waals surface area contributed by atoms with Gasteiger partial charge in [-0.2, -0.15) is 5.10 Å². The second kappa shape index (κ2) is 11.0. The van der Waals surface area contributed by atoms with Crippen LogP contribution in [-0.4, -0.2) is 31.4 Å². The highest BCUT2D eigenvalue weighted by Gasteiger charge is 2.16. The Morgan fingerprint density at radius 3 is 2.65 bits per heavy atom. The lowest BCUT2D eigenvalue weighted by atomic mass is 10.2. The van der Waals surface area contributed by atoms with Crippen molar-refractivity contribution in [1.82, 2.24) is 10.7 Å². The molecule has 34 heavy (non-hydrogen) atoms. The van der Waals surface area contributed by atoms with E-state index >= 15 is 0 Å². The lowest BCUT2D eigenvalue weighted by Gasteiger charge is -2.09. The van der Waals surface area contributed by atoms with E-state index in [0.717, 1.165) is 15.6 Å². The topological polar surface area (TPSA) is 98.3 Å². The van der Waals surface area contributed by atoms with Crippen LogP contribution in [0.5, 0.6) is 17.2 Å². The van der Waals surface area contributed by atoms with Crippen molar-refractivity contribution in [3.63, 3.8) is 0 Å². The summed E-state index contributed by atoms with van der Waals surface area (Å²) in [6.07, 6.45) is 1.49. The maximum atomic E-state index is 12.2. The van der Waals surface area contributed by atoms with Gasteiger partial charge < -0.3 is 19.5 Å². The van der Waals surface area contributed by atoms with Crippen molar-refractivity contribution in [2.45, 2.75) is 6.61 Å². The maximum absolute atomic E-state index is 12.2. The molecule has 0 atom stereocenters. The van der Waals surface area contributed by atoms with Gasteiger partial charge in [-0.25, -0.2) is 5.43 Å². The van der Waals surface area contributed by atoms with Crippen molar-refractivity contribution >= 4 is 45.6 Å². The summed E-state index contributed by atoms with van der Waals surface area (Å²) in [6.45, 7) is 0.291. The molecule has 0 fully saturated rings. The minimum Gasteiger partial charge on any atom is -0.488 e. The van der Waals surface area contributed by atoms with Crippen LogP contribution in [0.15, 0.2) is 70.2 Å². The molecule has 0 unspecified atom stereocenters. The van der Waals surface area contributed by atoms with E-state index in [1.165, 1.54) is 6.21 Å². The van der Waals surface area contributed by atoms with Crippen LogP contribution < -0.4 is 25.0 Å². The van der Waals surface area contributed by atoms with Crippen LogP contribution in [0.4, 0.5) is 0 Å². The number of carbonyl (C=O) groups is 2. The highest BCUT2D eigenvalue weighted by Crippen LogP contribution is 2.32. The molecule has 0 saturated heterocycles. The number of ether oxygens (including phenoxy) is 3. The fourth-order valence-electron chi connectivity index (χ4n) is 2.97. The number of hydrogen-bond donors (Lipinski definition) is 2. The molecule has 10 heteroatoms. The summed E-state index contributed by atoms with van der Waals surface area (Å²) in [5.74, 6) is 0.871. The van der Waals surface area contributed by atoms with Crippen molar-refractivity contribution in [2.75, 3.05) is 13.3 Å². The maximum Gasteiger partial charge on any atom is 0.259 e. The van der Waals surface area contributed by atoms with E-state index in [1.54, 1.807) is 30.3 Å². The molecule has 2 N–H and O–H groups in total. The van der Waals surface area contributed by atoms with Gasteiger partial charge in [-0.05, 0) is 75.6 Å². The molecule has 0 radical (unpaired) electrons. The first-order valence-electron chi connectivity index (χ1n) is 10.1. The van der Waals surface area contributed by atoms with Gasteiger partial charge in [0.15, 0.2) is 11.5 Å². The number of fused-ring (bicyclic) bond motifs is 1. The van der Waals surface area contributed by atoms with Crippen molar-refractivity contribution in [2.24, 2.45) is 5.10 Å². The third kappa shape index (κ3) is 6.27. The molecule has 3 aromatic rings. The molecule has 3 aromatic carbocycles. The van der Waals surface area contributed by atoms with Crippen LogP contribution in [-0.2, 0) is 11.4 Å². The van der Waals surface area contributed by atoms with Crippen molar-refractivity contribution < 1.29 is 23.8 Å². The quantitative estimate of drug-likeness (QED) is 0.326. The molecular formula is C24H19BrClN3O5. The Kier molecular flexibility index (Phi) is 7.66. The fourth-order valence-corrected chi connectivity index (χ4v) is 3.61. The number of hydrogen-bond acceptors (Lipinski definition) is 6. The molecule has 1 heterocycles. The van der Waals surface area contributed by atoms with Crippen LogP contribution in [0, 0.1) is 0 Å². The molecule has 8 nitrogen and oxygen atoms in total. The normalized spacial score (nSPS) is 11.9. The number of halogens is 2. The van der Waals surface area contributed by atoms with E-state index < -0.39 is 11.8 Å². The number of rotatable bonds is 8. The fraction of sp³-hybridized carbons (Fsp3) is 0.125. The first-order chi connectivity index (χ1) is 16.5. The second-order valence-corrected chi connectivity index (χ2v) is 8.44. The summed E-state index contributed by atoms with van der Waals surface area (Å²) < 4.78 is 17.0. The Labute approximate surface area is 209 Å². The lowest BCUT2D eigenvalue weighted by molar-refractivity contribution is -0.120. The summed E-state index contributed by atoms with van der Waals surface area (Å²) >= 11 is 9.37. The van der Waals surface area contributed by atoms with Gasteiger partial charge >= 0.3 is 0 Å². The predicted molar refractivity (Wildman–Crippen MR) is 131 cm³/mol. The Hall–Kier alpha value is -3.56. The zero-order valence-corrected chi connectivity index (χ0v) is 20.1. The van der Waals surface area contributed by atoms with E-state index in [9.17, 15) is 9.59 Å².